The van der Waals surface area contributed by atoms with Crippen LogP contribution in [-0.2, 0) is 19.6 Å². The Hall–Kier alpha value is -2.51. The van der Waals surface area contributed by atoms with Crippen molar-refractivity contribution in [2.24, 2.45) is 5.10 Å². The monoisotopic (exact) mass is 384 g/mol. The highest BCUT2D eigenvalue weighted by molar-refractivity contribution is 7.89. The largest absolute Gasteiger partial charge is 0.361 e. The van der Waals surface area contributed by atoms with E-state index in [1.807, 2.05) is 37.3 Å². The highest BCUT2D eigenvalue weighted by Gasteiger charge is 2.52. The summed E-state index contributed by atoms with van der Waals surface area (Å²) in [7, 11) is -3.84. The number of nitrogens with zero attached hydrogens (tertiary/aromatic N) is 2. The fraction of sp³-hybridized carbons (Fsp3) is 0.300. The zero-order chi connectivity index (χ0) is 19.2. The van der Waals surface area contributed by atoms with Crippen molar-refractivity contribution < 1.29 is 17.9 Å². The van der Waals surface area contributed by atoms with Crippen molar-refractivity contribution in [3.8, 4) is 0 Å². The second-order valence-corrected chi connectivity index (χ2v) is 8.96. The molecule has 7 heteroatoms. The van der Waals surface area contributed by atoms with E-state index >= 15 is 0 Å². The zero-order valence-corrected chi connectivity index (χ0v) is 15.9. The Morgan fingerprint density at radius 3 is 2.37 bits per heavy atom. The lowest BCUT2D eigenvalue weighted by atomic mass is 9.89. The van der Waals surface area contributed by atoms with Gasteiger partial charge >= 0.3 is 0 Å². The van der Waals surface area contributed by atoms with Crippen molar-refractivity contribution in [3.63, 3.8) is 0 Å². The number of Topliss-reactive ketones (excluding diaryl/α,β-unsaturated/α-hetero) is 1. The molecule has 1 fully saturated rings. The van der Waals surface area contributed by atoms with E-state index in [9.17, 15) is 13.2 Å². The number of sulfonamides is 1. The van der Waals surface area contributed by atoms with Crippen LogP contribution < -0.4 is 0 Å². The first-order valence-electron chi connectivity index (χ1n) is 8.73. The van der Waals surface area contributed by atoms with Crippen LogP contribution >= 0.6 is 0 Å². The third-order valence-electron chi connectivity index (χ3n) is 4.98. The van der Waals surface area contributed by atoms with Crippen molar-refractivity contribution in [1.82, 2.24) is 4.41 Å². The van der Waals surface area contributed by atoms with Gasteiger partial charge in [-0.3, -0.25) is 4.79 Å². The molecule has 2 heterocycles. The molecule has 0 amide bonds. The van der Waals surface area contributed by atoms with Gasteiger partial charge in [-0.05, 0) is 31.5 Å². The average molecular weight is 384 g/mol. The van der Waals surface area contributed by atoms with Gasteiger partial charge in [0.05, 0.1) is 24.0 Å². The highest BCUT2D eigenvalue weighted by atomic mass is 32.2. The van der Waals surface area contributed by atoms with Crippen molar-refractivity contribution in [3.05, 3.63) is 65.7 Å². The lowest BCUT2D eigenvalue weighted by Crippen LogP contribution is -2.32. The lowest BCUT2D eigenvalue weighted by Gasteiger charge is -2.17. The Morgan fingerprint density at radius 1 is 1.15 bits per heavy atom. The van der Waals surface area contributed by atoms with Gasteiger partial charge in [0, 0.05) is 0 Å². The number of ether oxygens (including phenoxy) is 1. The van der Waals surface area contributed by atoms with Crippen LogP contribution in [0, 0.1) is 6.92 Å². The van der Waals surface area contributed by atoms with Crippen LogP contribution in [0.15, 0.2) is 64.6 Å². The highest BCUT2D eigenvalue weighted by Crippen LogP contribution is 2.35. The second-order valence-electron chi connectivity index (χ2n) is 7.12. The van der Waals surface area contributed by atoms with Gasteiger partial charge < -0.3 is 4.74 Å². The minimum absolute atomic E-state index is 0.0946. The molecule has 2 aliphatic rings. The van der Waals surface area contributed by atoms with Crippen molar-refractivity contribution in [2.75, 3.05) is 13.2 Å². The maximum atomic E-state index is 13.0. The average Bonchev–Trinajstić information content (AvgIpc) is 3.26. The molecule has 0 saturated carbocycles. The first kappa shape index (κ1) is 17.9. The Kier molecular flexibility index (Phi) is 4.16. The Labute approximate surface area is 158 Å². The van der Waals surface area contributed by atoms with E-state index < -0.39 is 21.5 Å². The van der Waals surface area contributed by atoms with Gasteiger partial charge in [0.1, 0.15) is 5.71 Å². The molecule has 0 radical (unpaired) electrons. The van der Waals surface area contributed by atoms with Gasteiger partial charge in [-0.2, -0.15) is 17.9 Å². The molecule has 0 bridgehead atoms. The molecule has 1 saturated heterocycles. The van der Waals surface area contributed by atoms with Crippen LogP contribution in [0.1, 0.15) is 24.0 Å². The minimum Gasteiger partial charge on any atom is -0.361 e. The van der Waals surface area contributed by atoms with Crippen molar-refractivity contribution in [2.45, 2.75) is 30.3 Å². The molecule has 0 spiro atoms. The van der Waals surface area contributed by atoms with Crippen LogP contribution in [0.3, 0.4) is 0 Å². The third kappa shape index (κ3) is 3.17. The zero-order valence-electron chi connectivity index (χ0n) is 15.1. The topological polar surface area (TPSA) is 79.3 Å². The quantitative estimate of drug-likeness (QED) is 0.742. The number of aryl methyl sites for hydroxylation is 1. The maximum Gasteiger partial charge on any atom is 0.279 e. The van der Waals surface area contributed by atoms with Gasteiger partial charge in [0.15, 0.2) is 5.60 Å². The number of hydrazone groups is 1. The first-order valence-corrected chi connectivity index (χ1v) is 10.2. The van der Waals surface area contributed by atoms with Crippen LogP contribution in [0.4, 0.5) is 0 Å². The van der Waals surface area contributed by atoms with Gasteiger partial charge in [-0.15, -0.1) is 0 Å². The number of hydrogen-bond donors (Lipinski definition) is 0. The molecule has 27 heavy (non-hydrogen) atoms. The van der Waals surface area contributed by atoms with Crippen LogP contribution in [0.5, 0.6) is 0 Å². The van der Waals surface area contributed by atoms with Crippen LogP contribution in [0.2, 0.25) is 0 Å². The number of epoxide rings is 1. The fourth-order valence-corrected chi connectivity index (χ4v) is 4.38. The molecule has 2 atom stereocenters. The summed E-state index contributed by atoms with van der Waals surface area (Å²) in [6.45, 7) is 4.02. The molecular formula is C20H20N2O4S. The van der Waals surface area contributed by atoms with Gasteiger partial charge in [-0.25, -0.2) is 0 Å². The fourth-order valence-electron chi connectivity index (χ4n) is 3.12. The van der Waals surface area contributed by atoms with E-state index in [1.165, 1.54) is 0 Å². The summed E-state index contributed by atoms with van der Waals surface area (Å²) in [5.74, 6) is -0.669. The number of carbonyl (C=O) groups is 1. The molecule has 2 aliphatic heterocycles. The number of carbonyl (C=O) groups excluding carboxylic acids is 1. The van der Waals surface area contributed by atoms with E-state index in [0.29, 0.717) is 6.61 Å². The first-order chi connectivity index (χ1) is 12.8. The Morgan fingerprint density at radius 2 is 1.78 bits per heavy atom. The van der Waals surface area contributed by atoms with Crippen molar-refractivity contribution >= 4 is 21.5 Å². The molecule has 2 aromatic carbocycles. The summed E-state index contributed by atoms with van der Waals surface area (Å²) >= 11 is 0. The minimum atomic E-state index is -3.84. The van der Waals surface area contributed by atoms with E-state index in [2.05, 4.69) is 5.10 Å². The molecule has 0 N–H and O–H groups in total. The summed E-state index contributed by atoms with van der Waals surface area (Å²) in [5, 5.41) is 4.26. The van der Waals surface area contributed by atoms with Gasteiger partial charge in [0.2, 0.25) is 5.78 Å². The van der Waals surface area contributed by atoms with Gasteiger partial charge in [0.25, 0.3) is 10.0 Å². The Balaban J connectivity index is 1.73. The summed E-state index contributed by atoms with van der Waals surface area (Å²) in [6.07, 6.45) is 0. The summed E-state index contributed by atoms with van der Waals surface area (Å²) in [6, 6.07) is 16.0. The lowest BCUT2D eigenvalue weighted by molar-refractivity contribution is -0.117. The predicted octanol–water partition coefficient (Wildman–Crippen LogP) is 2.50. The Bertz CT molecular complexity index is 1010. The summed E-state index contributed by atoms with van der Waals surface area (Å²) < 4.78 is 32.4. The summed E-state index contributed by atoms with van der Waals surface area (Å²) in [4.78, 5) is 13.0. The molecule has 4 rings (SSSR count). The number of ketones is 1. The van der Waals surface area contributed by atoms with E-state index in [4.69, 9.17) is 4.74 Å². The molecular weight excluding hydrogens is 364 g/mol. The van der Waals surface area contributed by atoms with Crippen molar-refractivity contribution in [1.29, 1.82) is 0 Å². The third-order valence-corrected chi connectivity index (χ3v) is 6.63. The second kappa shape index (κ2) is 6.28. The number of rotatable bonds is 5. The van der Waals surface area contributed by atoms with E-state index in [1.54, 1.807) is 31.2 Å². The van der Waals surface area contributed by atoms with Crippen LogP contribution in [-0.4, -0.2) is 43.1 Å². The normalized spacial score (nSPS) is 24.6. The van der Waals surface area contributed by atoms with Gasteiger partial charge in [-0.1, -0.05) is 48.0 Å². The predicted molar refractivity (Wildman–Crippen MR) is 101 cm³/mol. The molecule has 0 aromatic heterocycles. The van der Waals surface area contributed by atoms with Crippen LogP contribution in [0.25, 0.3) is 0 Å². The molecule has 2 aromatic rings. The number of hydrogen-bond acceptors (Lipinski definition) is 5. The maximum absolute atomic E-state index is 13.0. The number of benzene rings is 2. The molecule has 6 nitrogen and oxygen atoms in total. The smallest absolute Gasteiger partial charge is 0.279 e. The SMILES string of the molecule is Cc1ccc(S(=O)(=O)N2CC(c3ccccc3)C(C(=O)C3(C)CO3)=N2)cc1. The standard InChI is InChI=1S/C20H20N2O4S/c1-14-8-10-16(11-9-14)27(24,25)22-12-17(15-6-4-3-5-7-15)18(21-22)19(23)20(2)13-26-20/h3-11,17H,12-13H2,1-2H3. The molecule has 140 valence electrons. The van der Waals surface area contributed by atoms with E-state index in [-0.39, 0.29) is 22.9 Å². The van der Waals surface area contributed by atoms with E-state index in [0.717, 1.165) is 15.5 Å². The molecule has 0 aliphatic carbocycles. The summed E-state index contributed by atoms with van der Waals surface area (Å²) in [5.41, 5.74) is 1.17. The molecule has 2 unspecified atom stereocenters.